The van der Waals surface area contributed by atoms with Crippen LogP contribution in [0.5, 0.6) is 0 Å². The van der Waals surface area contributed by atoms with Crippen LogP contribution in [0.25, 0.3) is 11.1 Å². The van der Waals surface area contributed by atoms with Gasteiger partial charge < -0.3 is 5.32 Å². The van der Waals surface area contributed by atoms with E-state index in [1.54, 1.807) is 0 Å². The lowest BCUT2D eigenvalue weighted by molar-refractivity contribution is 0.687. The second kappa shape index (κ2) is 5.64. The molecular weight excluding hydrogens is 258 g/mol. The van der Waals surface area contributed by atoms with Crippen LogP contribution in [0.3, 0.4) is 0 Å². The molecule has 0 amide bonds. The molecule has 0 unspecified atom stereocenters. The third-order valence-electron chi connectivity index (χ3n) is 4.16. The van der Waals surface area contributed by atoms with Crippen LogP contribution < -0.4 is 5.32 Å². The number of nitrogens with one attached hydrogen (secondary N) is 1. The minimum absolute atomic E-state index is 0.441. The van der Waals surface area contributed by atoms with Crippen molar-refractivity contribution < 1.29 is 0 Å². The molecule has 1 aliphatic rings. The van der Waals surface area contributed by atoms with Crippen molar-refractivity contribution in [1.82, 2.24) is 15.1 Å². The van der Waals surface area contributed by atoms with E-state index in [9.17, 15) is 0 Å². The minimum Gasteiger partial charge on any atom is -0.310 e. The molecule has 0 aliphatic heterocycles. The van der Waals surface area contributed by atoms with Crippen LogP contribution >= 0.6 is 0 Å². The predicted molar refractivity (Wildman–Crippen MR) is 87.3 cm³/mol. The van der Waals surface area contributed by atoms with Crippen LogP contribution in [0.15, 0.2) is 24.4 Å². The Morgan fingerprint density at radius 3 is 2.67 bits per heavy atom. The van der Waals surface area contributed by atoms with E-state index in [1.165, 1.54) is 40.8 Å². The van der Waals surface area contributed by atoms with Crippen molar-refractivity contribution in [3.05, 3.63) is 41.2 Å². The summed E-state index contributed by atoms with van der Waals surface area (Å²) in [6, 6.07) is 7.56. The van der Waals surface area contributed by atoms with E-state index in [2.05, 4.69) is 55.6 Å². The van der Waals surface area contributed by atoms with Crippen molar-refractivity contribution >= 4 is 0 Å². The molecule has 1 saturated carbocycles. The summed E-state index contributed by atoms with van der Waals surface area (Å²) in [7, 11) is 2.00. The van der Waals surface area contributed by atoms with E-state index in [0.29, 0.717) is 5.92 Å². The van der Waals surface area contributed by atoms with E-state index in [4.69, 9.17) is 0 Å². The quantitative estimate of drug-likeness (QED) is 0.905. The average Bonchev–Trinajstić information content (AvgIpc) is 3.18. The maximum absolute atomic E-state index is 4.62. The summed E-state index contributed by atoms with van der Waals surface area (Å²) in [5.41, 5.74) is 6.47. The van der Waals surface area contributed by atoms with Gasteiger partial charge in [0.15, 0.2) is 0 Å². The first kappa shape index (κ1) is 14.3. The summed E-state index contributed by atoms with van der Waals surface area (Å²) in [4.78, 5) is 0. The molecule has 1 heterocycles. The monoisotopic (exact) mass is 283 g/mol. The predicted octanol–water partition coefficient (Wildman–Crippen LogP) is 3.77. The highest BCUT2D eigenvalue weighted by atomic mass is 15.3. The van der Waals surface area contributed by atoms with Crippen LogP contribution in [0.4, 0.5) is 0 Å². The maximum Gasteiger partial charge on any atom is 0.0728 e. The molecule has 0 bridgehead atoms. The first-order valence-electron chi connectivity index (χ1n) is 7.91. The molecule has 21 heavy (non-hydrogen) atoms. The van der Waals surface area contributed by atoms with Gasteiger partial charge in [-0.25, -0.2) is 0 Å². The highest BCUT2D eigenvalue weighted by Gasteiger charge is 2.20. The summed E-state index contributed by atoms with van der Waals surface area (Å²) in [5, 5.41) is 8.20. The highest BCUT2D eigenvalue weighted by molar-refractivity contribution is 5.69. The van der Waals surface area contributed by atoms with Crippen molar-refractivity contribution in [3.63, 3.8) is 0 Å². The summed E-state index contributed by atoms with van der Waals surface area (Å²) >= 11 is 0. The molecule has 112 valence electrons. The van der Waals surface area contributed by atoms with Crippen molar-refractivity contribution in [2.45, 2.75) is 52.1 Å². The van der Waals surface area contributed by atoms with Gasteiger partial charge in [0, 0.05) is 31.4 Å². The Balaban J connectivity index is 1.87. The molecule has 0 spiro atoms. The Morgan fingerprint density at radius 2 is 2.05 bits per heavy atom. The summed E-state index contributed by atoms with van der Waals surface area (Å²) in [6.45, 7) is 7.59. The Morgan fingerprint density at radius 1 is 1.29 bits per heavy atom. The molecule has 1 aromatic carbocycles. The van der Waals surface area contributed by atoms with Crippen molar-refractivity contribution in [3.8, 4) is 11.1 Å². The number of rotatable bonds is 5. The summed E-state index contributed by atoms with van der Waals surface area (Å²) < 4.78 is 1.92. The molecule has 0 saturated heterocycles. The molecule has 0 atom stereocenters. The molecular formula is C18H25N3. The van der Waals surface area contributed by atoms with Gasteiger partial charge in [0.1, 0.15) is 0 Å². The Labute approximate surface area is 127 Å². The largest absolute Gasteiger partial charge is 0.310 e. The number of nitrogens with zero attached hydrogens (tertiary/aromatic N) is 2. The molecule has 2 aromatic rings. The molecule has 1 aromatic heterocycles. The molecule has 0 radical (unpaired) electrons. The molecule has 3 heteroatoms. The van der Waals surface area contributed by atoms with Crippen LogP contribution in [-0.2, 0) is 13.6 Å². The summed E-state index contributed by atoms with van der Waals surface area (Å²) in [5.74, 6) is 0.441. The van der Waals surface area contributed by atoms with Crippen molar-refractivity contribution in [2.24, 2.45) is 7.05 Å². The smallest absolute Gasteiger partial charge is 0.0728 e. The zero-order valence-corrected chi connectivity index (χ0v) is 13.5. The van der Waals surface area contributed by atoms with Gasteiger partial charge in [-0.1, -0.05) is 32.0 Å². The molecule has 1 fully saturated rings. The fourth-order valence-electron chi connectivity index (χ4n) is 2.83. The lowest BCUT2D eigenvalue weighted by Crippen LogP contribution is -2.15. The normalized spacial score (nSPS) is 14.9. The fourth-order valence-corrected chi connectivity index (χ4v) is 2.83. The van der Waals surface area contributed by atoms with Gasteiger partial charge in [-0.3, -0.25) is 4.68 Å². The van der Waals surface area contributed by atoms with Crippen LogP contribution in [0, 0.1) is 6.92 Å². The lowest BCUT2D eigenvalue weighted by Gasteiger charge is -2.11. The van der Waals surface area contributed by atoms with Gasteiger partial charge in [-0.15, -0.1) is 0 Å². The zero-order valence-electron chi connectivity index (χ0n) is 13.5. The molecule has 1 aliphatic carbocycles. The maximum atomic E-state index is 4.62. The van der Waals surface area contributed by atoms with Gasteiger partial charge in [-0.2, -0.15) is 5.10 Å². The highest BCUT2D eigenvalue weighted by Crippen LogP contribution is 2.31. The lowest BCUT2D eigenvalue weighted by atomic mass is 9.95. The topological polar surface area (TPSA) is 29.9 Å². The zero-order chi connectivity index (χ0) is 15.0. The van der Waals surface area contributed by atoms with Gasteiger partial charge in [0.2, 0.25) is 0 Å². The molecule has 3 rings (SSSR count). The van der Waals surface area contributed by atoms with E-state index in [1.807, 2.05) is 11.7 Å². The number of aromatic nitrogens is 2. The van der Waals surface area contributed by atoms with Crippen molar-refractivity contribution in [1.29, 1.82) is 0 Å². The van der Waals surface area contributed by atoms with Gasteiger partial charge in [-0.05, 0) is 42.4 Å². The number of benzene rings is 1. The second-order valence-electron chi connectivity index (χ2n) is 6.56. The van der Waals surface area contributed by atoms with Crippen LogP contribution in [0.2, 0.25) is 0 Å². The third kappa shape index (κ3) is 3.18. The first-order chi connectivity index (χ1) is 10.0. The SMILES string of the molecule is Cc1cc(CNC2CC2)ccc1-c1cn(C)nc1C(C)C. The molecule has 1 N–H and O–H groups in total. The third-order valence-corrected chi connectivity index (χ3v) is 4.16. The first-order valence-corrected chi connectivity index (χ1v) is 7.91. The van der Waals surface area contributed by atoms with Gasteiger partial charge in [0.05, 0.1) is 5.69 Å². The van der Waals surface area contributed by atoms with Crippen molar-refractivity contribution in [2.75, 3.05) is 0 Å². The Hall–Kier alpha value is -1.61. The Bertz CT molecular complexity index is 636. The minimum atomic E-state index is 0.441. The summed E-state index contributed by atoms with van der Waals surface area (Å²) in [6.07, 6.45) is 4.81. The second-order valence-corrected chi connectivity index (χ2v) is 6.56. The van der Waals surface area contributed by atoms with E-state index in [-0.39, 0.29) is 0 Å². The van der Waals surface area contributed by atoms with Gasteiger partial charge >= 0.3 is 0 Å². The van der Waals surface area contributed by atoms with E-state index in [0.717, 1.165) is 12.6 Å². The standard InChI is InChI=1S/C18H25N3/c1-12(2)18-17(11-21(4)20-18)16-8-5-14(9-13(16)3)10-19-15-6-7-15/h5,8-9,11-12,15,19H,6-7,10H2,1-4H3. The number of hydrogen-bond acceptors (Lipinski definition) is 2. The van der Waals surface area contributed by atoms with E-state index >= 15 is 0 Å². The fraction of sp³-hybridized carbons (Fsp3) is 0.500. The Kier molecular flexibility index (Phi) is 3.85. The van der Waals surface area contributed by atoms with E-state index < -0.39 is 0 Å². The van der Waals surface area contributed by atoms with Crippen LogP contribution in [0.1, 0.15) is 49.4 Å². The number of hydrogen-bond donors (Lipinski definition) is 1. The number of aryl methyl sites for hydroxylation is 2. The van der Waals surface area contributed by atoms with Gasteiger partial charge in [0.25, 0.3) is 0 Å². The molecule has 3 nitrogen and oxygen atoms in total. The van der Waals surface area contributed by atoms with Crippen LogP contribution in [-0.4, -0.2) is 15.8 Å². The average molecular weight is 283 g/mol.